The second kappa shape index (κ2) is 20.9. The first-order valence-corrected chi connectivity index (χ1v) is 16.9. The van der Waals surface area contributed by atoms with Gasteiger partial charge in [0.1, 0.15) is 5.84 Å². The maximum absolute atomic E-state index is 12.3. The molecule has 0 spiro atoms. The van der Waals surface area contributed by atoms with Gasteiger partial charge in [-0.1, -0.05) is 74.6 Å². The highest BCUT2D eigenvalue weighted by Crippen LogP contribution is 2.32. The van der Waals surface area contributed by atoms with Crippen molar-refractivity contribution >= 4 is 24.5 Å². The quantitative estimate of drug-likeness (QED) is 0.177. The van der Waals surface area contributed by atoms with E-state index in [1.807, 2.05) is 80.4 Å². The second-order valence-electron chi connectivity index (χ2n) is 11.2. The molecule has 3 heterocycles. The average molecular weight is 631 g/mol. The summed E-state index contributed by atoms with van der Waals surface area (Å²) in [6, 6.07) is 10.7. The van der Waals surface area contributed by atoms with E-state index in [0.29, 0.717) is 24.3 Å². The number of aliphatic imine (C=N–C) groups is 1. The Balaban J connectivity index is 0.000000321. The van der Waals surface area contributed by atoms with E-state index >= 15 is 0 Å². The maximum Gasteiger partial charge on any atom is 0.236 e. The van der Waals surface area contributed by atoms with Crippen LogP contribution >= 0.6 is 0 Å². The summed E-state index contributed by atoms with van der Waals surface area (Å²) in [5, 5.41) is 10.7. The topological polar surface area (TPSA) is 95.3 Å². The van der Waals surface area contributed by atoms with E-state index in [1.54, 1.807) is 7.05 Å². The first-order valence-electron chi connectivity index (χ1n) is 16.9. The van der Waals surface area contributed by atoms with Gasteiger partial charge in [0, 0.05) is 38.6 Å². The zero-order chi connectivity index (χ0) is 33.9. The molecule has 2 aromatic rings. The van der Waals surface area contributed by atoms with Crippen molar-refractivity contribution in [2.75, 3.05) is 39.8 Å². The number of nitrogens with zero attached hydrogens (tertiary/aromatic N) is 7. The van der Waals surface area contributed by atoms with Crippen molar-refractivity contribution in [2.45, 2.75) is 79.8 Å². The highest BCUT2D eigenvalue weighted by molar-refractivity contribution is 5.96. The van der Waals surface area contributed by atoms with E-state index in [2.05, 4.69) is 69.4 Å². The van der Waals surface area contributed by atoms with Crippen molar-refractivity contribution < 1.29 is 4.79 Å². The molecule has 1 saturated heterocycles. The van der Waals surface area contributed by atoms with Gasteiger partial charge in [0.05, 0.1) is 30.5 Å². The van der Waals surface area contributed by atoms with Gasteiger partial charge >= 0.3 is 0 Å². The average Bonchev–Trinajstić information content (AvgIpc) is 3.44. The summed E-state index contributed by atoms with van der Waals surface area (Å²) < 4.78 is 1.99. The normalized spacial score (nSPS) is 17.6. The lowest BCUT2D eigenvalue weighted by Crippen LogP contribution is -2.48. The summed E-state index contributed by atoms with van der Waals surface area (Å²) in [5.41, 5.74) is 10.4. The van der Waals surface area contributed by atoms with Gasteiger partial charge < -0.3 is 10.6 Å². The Bertz CT molecular complexity index is 1300. The monoisotopic (exact) mass is 630 g/mol. The molecule has 1 atom stereocenters. The first kappa shape index (κ1) is 38.2. The fraction of sp³-hybridized carbons (Fsp3) is 0.514. The third kappa shape index (κ3) is 11.4. The Morgan fingerprint density at radius 3 is 2.37 bits per heavy atom. The molecule has 9 heteroatoms. The number of nitrogens with two attached hydrogens (primary N) is 1. The van der Waals surface area contributed by atoms with Crippen molar-refractivity contribution in [3.05, 3.63) is 83.4 Å². The number of benzene rings is 1. The number of hydrogen-bond donors (Lipinski definition) is 1. The Morgan fingerprint density at radius 2 is 1.78 bits per heavy atom. The summed E-state index contributed by atoms with van der Waals surface area (Å²) >= 11 is 0. The van der Waals surface area contributed by atoms with Crippen LogP contribution in [0.2, 0.25) is 0 Å². The fourth-order valence-corrected chi connectivity index (χ4v) is 5.92. The maximum atomic E-state index is 12.3. The number of piperidine rings is 1. The lowest BCUT2D eigenvalue weighted by Gasteiger charge is -2.42. The number of carbonyl (C=O) groups excluding carboxylic acids is 1. The molecule has 2 aliphatic heterocycles. The van der Waals surface area contributed by atoms with Crippen LogP contribution in [0.4, 0.5) is 0 Å². The lowest BCUT2D eigenvalue weighted by atomic mass is 9.84. The fourth-order valence-electron chi connectivity index (χ4n) is 5.92. The number of amides is 1. The van der Waals surface area contributed by atoms with Gasteiger partial charge in [-0.2, -0.15) is 10.2 Å². The molecule has 0 saturated carbocycles. The summed E-state index contributed by atoms with van der Waals surface area (Å²) in [5.74, 6) is 1.29. The number of amidine groups is 1. The molecule has 0 radical (unpaired) electrons. The number of hydrogen-bond acceptors (Lipinski definition) is 6. The van der Waals surface area contributed by atoms with Crippen molar-refractivity contribution in [3.8, 4) is 0 Å². The van der Waals surface area contributed by atoms with E-state index < -0.39 is 0 Å². The van der Waals surface area contributed by atoms with Crippen LogP contribution in [0.1, 0.15) is 77.1 Å². The van der Waals surface area contributed by atoms with Gasteiger partial charge in [0.15, 0.2) is 0 Å². The molecule has 1 aromatic carbocycles. The Labute approximate surface area is 278 Å². The van der Waals surface area contributed by atoms with Crippen LogP contribution in [-0.2, 0) is 11.3 Å². The van der Waals surface area contributed by atoms with Gasteiger partial charge in [-0.15, -0.1) is 0 Å². The van der Waals surface area contributed by atoms with Crippen LogP contribution in [0.15, 0.2) is 76.6 Å². The predicted molar refractivity (Wildman–Crippen MR) is 195 cm³/mol. The smallest absolute Gasteiger partial charge is 0.236 e. The number of allylic oxidation sites excluding steroid dienone is 4. The molecule has 0 bridgehead atoms. The van der Waals surface area contributed by atoms with E-state index in [1.165, 1.54) is 11.1 Å². The molecular formula is C37H58N8O. The minimum Gasteiger partial charge on any atom is -0.382 e. The van der Waals surface area contributed by atoms with Crippen molar-refractivity contribution in [3.63, 3.8) is 0 Å². The van der Waals surface area contributed by atoms with Crippen LogP contribution in [0.5, 0.6) is 0 Å². The minimum absolute atomic E-state index is 0.234. The zero-order valence-corrected chi connectivity index (χ0v) is 29.4. The Kier molecular flexibility index (Phi) is 17.4. The number of likely N-dealkylation sites (tertiary alicyclic amines) is 1. The molecular weight excluding hydrogens is 572 g/mol. The number of rotatable bonds is 11. The minimum atomic E-state index is 0.234. The van der Waals surface area contributed by atoms with Crippen LogP contribution in [-0.4, -0.2) is 88.9 Å². The van der Waals surface area contributed by atoms with Crippen molar-refractivity contribution in [1.29, 1.82) is 0 Å². The van der Waals surface area contributed by atoms with E-state index in [4.69, 9.17) is 5.73 Å². The molecule has 4 rings (SSSR count). The number of hydrazone groups is 1. The zero-order valence-electron chi connectivity index (χ0n) is 29.4. The van der Waals surface area contributed by atoms with E-state index in [-0.39, 0.29) is 5.91 Å². The van der Waals surface area contributed by atoms with Gasteiger partial charge in [-0.05, 0) is 77.9 Å². The van der Waals surface area contributed by atoms with Gasteiger partial charge in [0.2, 0.25) is 5.91 Å². The number of aryl methyl sites for hydroxylation is 1. The molecule has 46 heavy (non-hydrogen) atoms. The third-order valence-corrected chi connectivity index (χ3v) is 8.42. The molecule has 2 aliphatic rings. The molecule has 0 aliphatic carbocycles. The Morgan fingerprint density at radius 1 is 1.11 bits per heavy atom. The molecule has 2 N–H and O–H groups in total. The summed E-state index contributed by atoms with van der Waals surface area (Å²) in [6.45, 7) is 20.7. The van der Waals surface area contributed by atoms with Crippen LogP contribution < -0.4 is 5.73 Å². The van der Waals surface area contributed by atoms with E-state index in [0.717, 1.165) is 69.8 Å². The highest BCUT2D eigenvalue weighted by atomic mass is 16.2. The van der Waals surface area contributed by atoms with Gasteiger partial charge in [-0.3, -0.25) is 24.4 Å². The standard InChI is InChI=1S/C19H34N6O.C16H18N2.C2H6/c1-5-24(6-2)18(26)14-23-12-10-15(11-13-23)16-8-7-9-17(19(20)21-3)25(16)22-4;1-3-4-6-11-16-13-18(17-14(16)2)12-15-9-7-5-8-10-15;1-2/h9,15-16H,4-8,10-14H2,1-3H3,(H2,20,21);3-11,13H,12H2,1-2H3;1-2H3/b;4-3-,11-6-;. The van der Waals surface area contributed by atoms with Crippen molar-refractivity contribution in [1.82, 2.24) is 24.6 Å². The number of likely N-dealkylation sites (N-methyl/N-ethyl adjacent to an activating group) is 1. The molecule has 1 aromatic heterocycles. The van der Waals surface area contributed by atoms with E-state index in [9.17, 15) is 4.79 Å². The number of carbonyl (C=O) groups is 1. The first-order chi connectivity index (χ1) is 22.3. The van der Waals surface area contributed by atoms with Gasteiger partial charge in [-0.25, -0.2) is 0 Å². The van der Waals surface area contributed by atoms with Crippen LogP contribution in [0.3, 0.4) is 0 Å². The molecule has 252 valence electrons. The van der Waals surface area contributed by atoms with Crippen LogP contribution in [0, 0.1) is 12.8 Å². The summed E-state index contributed by atoms with van der Waals surface area (Å²) in [6.07, 6.45) is 16.5. The number of aromatic nitrogens is 2. The molecule has 1 fully saturated rings. The largest absolute Gasteiger partial charge is 0.382 e. The molecule has 9 nitrogen and oxygen atoms in total. The SMILES string of the molecule is C/C=C\C=C/c1cn(Cc2ccccc2)nc1C.C=NN1C(C(N)=NC)=CCCC1C1CCN(CC(=O)N(CC)CC)CC1.CC. The van der Waals surface area contributed by atoms with Crippen LogP contribution in [0.25, 0.3) is 6.08 Å². The highest BCUT2D eigenvalue weighted by Gasteiger charge is 2.34. The van der Waals surface area contributed by atoms with Crippen molar-refractivity contribution in [2.24, 2.45) is 21.7 Å². The third-order valence-electron chi connectivity index (χ3n) is 8.42. The predicted octanol–water partition coefficient (Wildman–Crippen LogP) is 6.37. The molecule has 1 amide bonds. The molecule has 1 unspecified atom stereocenters. The summed E-state index contributed by atoms with van der Waals surface area (Å²) in [7, 11) is 1.70. The Hall–Kier alpha value is -3.98. The lowest BCUT2D eigenvalue weighted by molar-refractivity contribution is -0.132. The summed E-state index contributed by atoms with van der Waals surface area (Å²) in [4.78, 5) is 20.6. The van der Waals surface area contributed by atoms with Gasteiger partial charge in [0.25, 0.3) is 0 Å². The second-order valence-corrected chi connectivity index (χ2v) is 11.2.